The van der Waals surface area contributed by atoms with Crippen LogP contribution in [-0.4, -0.2) is 202 Å². The molecule has 3 aliphatic rings. The summed E-state index contributed by atoms with van der Waals surface area (Å²) in [5.74, 6) is -7.03. The lowest BCUT2D eigenvalue weighted by Crippen LogP contribution is -2.57. The number of Topliss-reactive ketones (excluding diaryl/α,β-unsaturated/α-hetero) is 1. The number of halogens is 1. The zero-order valence-electron chi connectivity index (χ0n) is 56.4. The molecule has 24 nitrogen and oxygen atoms in total. The highest BCUT2D eigenvalue weighted by Crippen LogP contribution is 2.34. The van der Waals surface area contributed by atoms with E-state index in [4.69, 9.17) is 33.2 Å². The molecule has 3 aliphatic heterocycles. The van der Waals surface area contributed by atoms with Gasteiger partial charge in [-0.3, -0.25) is 33.6 Å². The monoisotopic (exact) mass is 1350 g/mol. The number of esters is 2. The second-order valence-electron chi connectivity index (χ2n) is 25.0. The maximum Gasteiger partial charge on any atom is 0.415 e. The van der Waals surface area contributed by atoms with Crippen molar-refractivity contribution in [1.82, 2.24) is 35.1 Å². The van der Waals surface area contributed by atoms with E-state index in [1.807, 2.05) is 0 Å². The zero-order chi connectivity index (χ0) is 70.5. The van der Waals surface area contributed by atoms with Crippen molar-refractivity contribution in [3.8, 4) is 23.0 Å². The molecule has 98 heavy (non-hydrogen) atoms. The zero-order valence-corrected chi connectivity index (χ0v) is 56.4. The van der Waals surface area contributed by atoms with Gasteiger partial charge in [-0.2, -0.15) is 0 Å². The van der Waals surface area contributed by atoms with Gasteiger partial charge in [0.05, 0.1) is 39.4 Å². The fourth-order valence-electron chi connectivity index (χ4n) is 11.6. The van der Waals surface area contributed by atoms with Crippen LogP contribution in [0.5, 0.6) is 23.0 Å². The molecule has 0 saturated carbocycles. The molecule has 0 spiro atoms. The summed E-state index contributed by atoms with van der Waals surface area (Å²) >= 11 is 0. The van der Waals surface area contributed by atoms with E-state index in [9.17, 15) is 43.2 Å². The van der Waals surface area contributed by atoms with Crippen molar-refractivity contribution in [2.24, 2.45) is 5.41 Å². The van der Waals surface area contributed by atoms with Crippen LogP contribution < -0.4 is 29.6 Å². The second kappa shape index (κ2) is 35.2. The van der Waals surface area contributed by atoms with Crippen LogP contribution in [0.2, 0.25) is 0 Å². The predicted molar refractivity (Wildman–Crippen MR) is 356 cm³/mol. The summed E-state index contributed by atoms with van der Waals surface area (Å²) in [4.78, 5) is 148. The molecule has 0 unspecified atom stereocenters. The van der Waals surface area contributed by atoms with Crippen molar-refractivity contribution < 1.29 is 85.5 Å². The van der Waals surface area contributed by atoms with Crippen LogP contribution in [0.3, 0.4) is 0 Å². The Morgan fingerprint density at radius 2 is 1.31 bits per heavy atom. The van der Waals surface area contributed by atoms with Crippen LogP contribution >= 0.6 is 0 Å². The van der Waals surface area contributed by atoms with E-state index in [1.165, 1.54) is 83.3 Å². The van der Waals surface area contributed by atoms with E-state index in [0.29, 0.717) is 61.8 Å². The molecule has 3 heterocycles. The first kappa shape index (κ1) is 73.6. The lowest BCUT2D eigenvalue weighted by Gasteiger charge is -2.36. The number of nitrogens with zero attached hydrogens (tertiary/aromatic N) is 5. The van der Waals surface area contributed by atoms with E-state index in [1.54, 1.807) is 91.0 Å². The number of cyclic esters (lactones) is 2. The predicted octanol–water partition coefficient (Wildman–Crippen LogP) is 6.19. The third-order valence-corrected chi connectivity index (χ3v) is 17.3. The quantitative estimate of drug-likeness (QED) is 0.104. The van der Waals surface area contributed by atoms with Gasteiger partial charge in [-0.25, -0.2) is 18.8 Å². The Kier molecular flexibility index (Phi) is 26.4. The molecule has 522 valence electrons. The van der Waals surface area contributed by atoms with Crippen LogP contribution in [-0.2, 0) is 83.0 Å². The summed E-state index contributed by atoms with van der Waals surface area (Å²) in [5, 5.41) is 5.67. The number of methoxy groups -OCH3 is 2. The summed E-state index contributed by atoms with van der Waals surface area (Å²) < 4.78 is 55.9. The maximum atomic E-state index is 16.1. The fraction of sp³-hybridized carbons (Fsp3) is 0.425. The minimum atomic E-state index is -1.57. The van der Waals surface area contributed by atoms with Crippen LogP contribution in [0.4, 0.5) is 9.18 Å². The molecule has 2 saturated heterocycles. The van der Waals surface area contributed by atoms with Crippen LogP contribution in [0.15, 0.2) is 133 Å². The van der Waals surface area contributed by atoms with Gasteiger partial charge in [-0.05, 0) is 117 Å². The highest BCUT2D eigenvalue weighted by Gasteiger charge is 2.43. The topological polar surface area (TPSA) is 276 Å². The average Bonchev–Trinajstić information content (AvgIpc) is 0.810. The van der Waals surface area contributed by atoms with Gasteiger partial charge in [0.15, 0.2) is 18.1 Å². The average molecular weight is 1350 g/mol. The number of aryl methyl sites for hydroxylation is 1. The Morgan fingerprint density at radius 1 is 0.673 bits per heavy atom. The van der Waals surface area contributed by atoms with Crippen molar-refractivity contribution >= 4 is 59.3 Å². The Labute approximate surface area is 569 Å². The van der Waals surface area contributed by atoms with Crippen molar-refractivity contribution in [3.05, 3.63) is 167 Å². The van der Waals surface area contributed by atoms with E-state index >= 15 is 9.18 Å². The molecule has 0 radical (unpaired) electrons. The molecule has 5 aromatic rings. The molecular weight excluding hydrogens is 1270 g/mol. The summed E-state index contributed by atoms with van der Waals surface area (Å²) in [6.45, 7) is 2.51. The number of ketones is 1. The van der Waals surface area contributed by atoms with Crippen molar-refractivity contribution in [2.45, 2.75) is 102 Å². The number of hydrogen-bond donors (Lipinski definition) is 2. The number of fused-ring (bicyclic) bond motifs is 3. The van der Waals surface area contributed by atoms with Gasteiger partial charge in [0.25, 0.3) is 11.8 Å². The second-order valence-corrected chi connectivity index (χ2v) is 25.0. The first-order valence-electron chi connectivity index (χ1n) is 32.6. The minimum Gasteiger partial charge on any atom is -0.493 e. The standard InChI is InChI=1S/C73H86FN7O17/c1-73(2)47-96-65(84)23-15-16-32-77(3)68(87)56(38-48-18-10-8-11-19-48)75-63(82)45-78(4)69(88)57(39-49-20-12-9-13-21-49)76-67(86)59(40-50-24-28-54(29-25-50)97-72(91)80-34-36-94-37-35-80)79(5)64(83)46-95-55-43-52(42-53(74)44-55)60(30-26-51-27-31-61(92-6)62(41-51)93-7)98-71(90)58-22-14-17-33-81(58)70(89)66(73)85/h8-13,15,18-21,23-25,27-29,31,41-44,56-60H,14,16-17,22,26,30,32-40,45-47H2,1-7H3,(H,75,82)(H,76,86)/b23-15+/t56-,57-,58+,59+,60-/m1/s1. The summed E-state index contributed by atoms with van der Waals surface area (Å²) in [7, 11) is 7.23. The molecule has 25 heteroatoms. The largest absolute Gasteiger partial charge is 0.493 e. The molecule has 5 aromatic carbocycles. The normalized spacial score (nSPS) is 21.5. The Bertz CT molecular complexity index is 3660. The van der Waals surface area contributed by atoms with Gasteiger partial charge in [-0.1, -0.05) is 84.9 Å². The van der Waals surface area contributed by atoms with Gasteiger partial charge in [0.1, 0.15) is 54.2 Å². The van der Waals surface area contributed by atoms with E-state index in [-0.39, 0.29) is 75.1 Å². The van der Waals surface area contributed by atoms with E-state index in [0.717, 1.165) is 44.0 Å². The number of rotatable bonds is 12. The third kappa shape index (κ3) is 20.7. The number of piperidine rings is 1. The number of likely N-dealkylation sites (N-methyl/N-ethyl adjacent to an activating group) is 3. The smallest absolute Gasteiger partial charge is 0.415 e. The van der Waals surface area contributed by atoms with E-state index < -0.39 is 121 Å². The molecule has 8 rings (SSSR count). The first-order chi connectivity index (χ1) is 47.0. The molecule has 5 atom stereocenters. The third-order valence-electron chi connectivity index (χ3n) is 17.3. The maximum absolute atomic E-state index is 16.1. The molecule has 0 aromatic heterocycles. The number of hydrogen-bond acceptors (Lipinski definition) is 17. The number of morpholine rings is 1. The van der Waals surface area contributed by atoms with Crippen molar-refractivity contribution in [3.63, 3.8) is 0 Å². The molecule has 7 amide bonds. The summed E-state index contributed by atoms with van der Waals surface area (Å²) in [5.41, 5.74) is 1.11. The lowest BCUT2D eigenvalue weighted by molar-refractivity contribution is -0.165. The Morgan fingerprint density at radius 3 is 1.97 bits per heavy atom. The minimum absolute atomic E-state index is 0.0153. The van der Waals surface area contributed by atoms with Gasteiger partial charge in [0.2, 0.25) is 29.4 Å². The Hall–Kier alpha value is -10.2. The number of ether oxygens (including phenoxy) is 7. The summed E-state index contributed by atoms with van der Waals surface area (Å²) in [6.07, 6.45) is 2.09. The van der Waals surface area contributed by atoms with Gasteiger partial charge < -0.3 is 68.3 Å². The number of nitrogens with one attached hydrogen (secondary N) is 2. The lowest BCUT2D eigenvalue weighted by atomic mass is 9.87. The summed E-state index contributed by atoms with van der Waals surface area (Å²) in [6, 6.07) is 27.7. The Balaban J connectivity index is 1.13. The van der Waals surface area contributed by atoms with Crippen molar-refractivity contribution in [2.75, 3.05) is 94.5 Å². The first-order valence-corrected chi connectivity index (χ1v) is 32.6. The van der Waals surface area contributed by atoms with Gasteiger partial charge >= 0.3 is 18.0 Å². The molecule has 2 fully saturated rings. The molecular formula is C73H86FN7O17. The number of amides is 7. The van der Waals surface area contributed by atoms with Crippen LogP contribution in [0.1, 0.15) is 79.9 Å². The highest BCUT2D eigenvalue weighted by molar-refractivity contribution is 6.38. The molecule has 0 aliphatic carbocycles. The van der Waals surface area contributed by atoms with Gasteiger partial charge in [-0.15, -0.1) is 0 Å². The van der Waals surface area contributed by atoms with E-state index in [2.05, 4.69) is 10.6 Å². The van der Waals surface area contributed by atoms with Crippen LogP contribution in [0, 0.1) is 11.2 Å². The molecule has 2 bridgehead atoms. The highest BCUT2D eigenvalue weighted by atomic mass is 19.1. The van der Waals surface area contributed by atoms with Crippen LogP contribution in [0.25, 0.3) is 0 Å². The SMILES string of the molecule is COc1ccc(CC[C@H]2OC(=O)[C@@H]3CCCCN3C(=O)C(=O)C(C)(C)COC(=O)/C=C/CCN(C)C(=O)[C@@H](Cc3ccccc3)NC(=O)CN(C)C(=O)[C@@H](Cc3ccccc3)NC(=O)[C@H](Cc3ccc(OC(=O)N4CCOCC4)cc3)N(C)C(=O)COc3cc(F)cc2c3)cc1OC. The number of benzene rings is 5. The number of carbonyl (C=O) groups excluding carboxylic acids is 10. The van der Waals surface area contributed by atoms with Crippen molar-refractivity contribution in [1.29, 1.82) is 0 Å². The molecule has 2 N–H and O–H groups in total. The van der Waals surface area contributed by atoms with Gasteiger partial charge in [0, 0.05) is 78.7 Å². The number of carbonyl (C=O) groups is 10. The fourth-order valence-corrected chi connectivity index (χ4v) is 11.6.